The molecule has 5 nitrogen and oxygen atoms in total. The van der Waals surface area contributed by atoms with Gasteiger partial charge in [0.05, 0.1) is 6.61 Å². The number of aliphatic imine (C=N–C) groups is 1. The van der Waals surface area contributed by atoms with Crippen molar-refractivity contribution < 1.29 is 9.84 Å². The molecule has 0 aromatic heterocycles. The minimum Gasteiger partial charge on any atom is -0.489 e. The van der Waals surface area contributed by atoms with Gasteiger partial charge in [-0.2, -0.15) is 0 Å². The van der Waals surface area contributed by atoms with Gasteiger partial charge in [-0.05, 0) is 28.8 Å². The van der Waals surface area contributed by atoms with Gasteiger partial charge in [0.15, 0.2) is 5.96 Å². The van der Waals surface area contributed by atoms with Crippen LogP contribution in [-0.4, -0.2) is 31.3 Å². The number of ether oxygens (including phenoxy) is 1. The smallest absolute Gasteiger partial charge is 0.191 e. The summed E-state index contributed by atoms with van der Waals surface area (Å²) < 4.78 is 5.91. The highest BCUT2D eigenvalue weighted by Crippen LogP contribution is 2.15. The maximum Gasteiger partial charge on any atom is 0.191 e. The van der Waals surface area contributed by atoms with Crippen LogP contribution in [0, 0.1) is 0 Å². The molecule has 5 heteroatoms. The second kappa shape index (κ2) is 11.6. The summed E-state index contributed by atoms with van der Waals surface area (Å²) in [5, 5.41) is 16.4. The molecular weight excluding hydrogens is 374 g/mol. The fraction of sp³-hybridized carbons (Fsp3) is 0.240. The van der Waals surface area contributed by atoms with Crippen molar-refractivity contribution in [3.05, 3.63) is 102 Å². The standard InChI is InChI=1S/C25H29N3O2/c1-26-25(28-17-23(18-29)20-10-4-2-5-11-20)27-16-21-12-8-9-13-22(21)19-30-24-14-6-3-7-15-24/h2-15,23,29H,16-19H2,1H3,(H2,26,27,28). The Morgan fingerprint density at radius 3 is 2.17 bits per heavy atom. The van der Waals surface area contributed by atoms with Gasteiger partial charge in [-0.15, -0.1) is 0 Å². The lowest BCUT2D eigenvalue weighted by molar-refractivity contribution is 0.265. The maximum absolute atomic E-state index is 9.75. The highest BCUT2D eigenvalue weighted by atomic mass is 16.5. The van der Waals surface area contributed by atoms with Crippen LogP contribution in [0.2, 0.25) is 0 Å². The van der Waals surface area contributed by atoms with Gasteiger partial charge in [-0.3, -0.25) is 4.99 Å². The molecule has 0 fully saturated rings. The van der Waals surface area contributed by atoms with Crippen molar-refractivity contribution in [3.63, 3.8) is 0 Å². The minimum absolute atomic E-state index is 0.0105. The molecule has 1 unspecified atom stereocenters. The topological polar surface area (TPSA) is 65.9 Å². The Bertz CT molecular complexity index is 914. The molecule has 0 aliphatic rings. The number of benzene rings is 3. The van der Waals surface area contributed by atoms with Crippen molar-refractivity contribution in [3.8, 4) is 5.75 Å². The molecule has 156 valence electrons. The number of guanidine groups is 1. The number of rotatable bonds is 9. The number of aliphatic hydroxyl groups excluding tert-OH is 1. The zero-order valence-corrected chi connectivity index (χ0v) is 17.3. The molecule has 0 aliphatic carbocycles. The predicted octanol–water partition coefficient (Wildman–Crippen LogP) is 3.71. The third-order valence-electron chi connectivity index (χ3n) is 4.93. The number of nitrogens with one attached hydrogen (secondary N) is 2. The highest BCUT2D eigenvalue weighted by Gasteiger charge is 2.11. The van der Waals surface area contributed by atoms with Crippen molar-refractivity contribution >= 4 is 5.96 Å². The molecule has 1 atom stereocenters. The molecule has 0 amide bonds. The Morgan fingerprint density at radius 1 is 0.867 bits per heavy atom. The lowest BCUT2D eigenvalue weighted by Gasteiger charge is -2.19. The van der Waals surface area contributed by atoms with Gasteiger partial charge >= 0.3 is 0 Å². The van der Waals surface area contributed by atoms with Crippen LogP contribution in [0.1, 0.15) is 22.6 Å². The SMILES string of the molecule is CN=C(NCc1ccccc1COc1ccccc1)NCC(CO)c1ccccc1. The number of para-hydroxylation sites is 1. The van der Waals surface area contributed by atoms with E-state index in [1.165, 1.54) is 0 Å². The van der Waals surface area contributed by atoms with Gasteiger partial charge in [-0.25, -0.2) is 0 Å². The molecule has 0 saturated carbocycles. The molecule has 0 aliphatic heterocycles. The zero-order chi connectivity index (χ0) is 21.0. The predicted molar refractivity (Wildman–Crippen MR) is 122 cm³/mol. The number of hydrogen-bond acceptors (Lipinski definition) is 3. The van der Waals surface area contributed by atoms with E-state index in [4.69, 9.17) is 4.74 Å². The number of aliphatic hydroxyl groups is 1. The summed E-state index contributed by atoms with van der Waals surface area (Å²) in [7, 11) is 1.75. The van der Waals surface area contributed by atoms with Crippen molar-refractivity contribution in [2.75, 3.05) is 20.2 Å². The zero-order valence-electron chi connectivity index (χ0n) is 17.3. The molecule has 0 heterocycles. The normalized spacial score (nSPS) is 12.3. The van der Waals surface area contributed by atoms with Crippen molar-refractivity contribution in [2.45, 2.75) is 19.1 Å². The van der Waals surface area contributed by atoms with E-state index in [9.17, 15) is 5.11 Å². The second-order valence-electron chi connectivity index (χ2n) is 6.97. The van der Waals surface area contributed by atoms with Crippen molar-refractivity contribution in [2.24, 2.45) is 4.99 Å². The van der Waals surface area contributed by atoms with Gasteiger partial charge in [0.1, 0.15) is 12.4 Å². The van der Waals surface area contributed by atoms with E-state index >= 15 is 0 Å². The minimum atomic E-state index is 0.0105. The van der Waals surface area contributed by atoms with Crippen LogP contribution in [0.3, 0.4) is 0 Å². The summed E-state index contributed by atoms with van der Waals surface area (Å²) in [6.07, 6.45) is 0. The summed E-state index contributed by atoms with van der Waals surface area (Å²) in [6, 6.07) is 28.0. The van der Waals surface area contributed by atoms with E-state index in [2.05, 4.69) is 27.8 Å². The van der Waals surface area contributed by atoms with E-state index in [0.717, 1.165) is 22.4 Å². The summed E-state index contributed by atoms with van der Waals surface area (Å²) >= 11 is 0. The fourth-order valence-electron chi connectivity index (χ4n) is 3.18. The van der Waals surface area contributed by atoms with Gasteiger partial charge in [0.25, 0.3) is 0 Å². The summed E-state index contributed by atoms with van der Waals surface area (Å²) in [5.41, 5.74) is 3.38. The first-order valence-electron chi connectivity index (χ1n) is 10.1. The quantitative estimate of drug-likeness (QED) is 0.376. The molecule has 30 heavy (non-hydrogen) atoms. The van der Waals surface area contributed by atoms with E-state index < -0.39 is 0 Å². The molecule has 0 bridgehead atoms. The maximum atomic E-state index is 9.75. The molecule has 0 spiro atoms. The van der Waals surface area contributed by atoms with E-state index in [-0.39, 0.29) is 12.5 Å². The molecule has 3 aromatic rings. The van der Waals surface area contributed by atoms with E-state index in [0.29, 0.717) is 25.7 Å². The molecule has 0 radical (unpaired) electrons. The summed E-state index contributed by atoms with van der Waals surface area (Å²) in [6.45, 7) is 1.81. The second-order valence-corrected chi connectivity index (χ2v) is 6.97. The first-order chi connectivity index (χ1) is 14.8. The average Bonchev–Trinajstić information content (AvgIpc) is 2.82. The Morgan fingerprint density at radius 2 is 1.50 bits per heavy atom. The van der Waals surface area contributed by atoms with Crippen LogP contribution >= 0.6 is 0 Å². The highest BCUT2D eigenvalue weighted by molar-refractivity contribution is 5.79. The number of nitrogens with zero attached hydrogens (tertiary/aromatic N) is 1. The van der Waals surface area contributed by atoms with Gasteiger partial charge in [-0.1, -0.05) is 72.8 Å². The fourth-order valence-corrected chi connectivity index (χ4v) is 3.18. The van der Waals surface area contributed by atoms with Crippen molar-refractivity contribution in [1.82, 2.24) is 10.6 Å². The van der Waals surface area contributed by atoms with Crippen LogP contribution in [0.15, 0.2) is 89.9 Å². The monoisotopic (exact) mass is 403 g/mol. The van der Waals surface area contributed by atoms with Gasteiger partial charge in [0, 0.05) is 26.1 Å². The average molecular weight is 404 g/mol. The lowest BCUT2D eigenvalue weighted by atomic mass is 10.0. The first kappa shape index (κ1) is 21.4. The van der Waals surface area contributed by atoms with E-state index in [1.807, 2.05) is 72.8 Å². The van der Waals surface area contributed by atoms with Crippen molar-refractivity contribution in [1.29, 1.82) is 0 Å². The molecule has 3 N–H and O–H groups in total. The Labute approximate surface area is 178 Å². The first-order valence-corrected chi connectivity index (χ1v) is 10.1. The molecule has 3 rings (SSSR count). The van der Waals surface area contributed by atoms with Crippen LogP contribution in [0.4, 0.5) is 0 Å². The van der Waals surface area contributed by atoms with E-state index in [1.54, 1.807) is 7.05 Å². The Hall–Kier alpha value is -3.31. The largest absolute Gasteiger partial charge is 0.489 e. The number of hydrogen-bond donors (Lipinski definition) is 3. The van der Waals surface area contributed by atoms with Gasteiger partial charge in [0.2, 0.25) is 0 Å². The van der Waals surface area contributed by atoms with Crippen LogP contribution in [0.5, 0.6) is 5.75 Å². The summed E-state index contributed by atoms with van der Waals surface area (Å²) in [5.74, 6) is 1.56. The molecular formula is C25H29N3O2. The third-order valence-corrected chi connectivity index (χ3v) is 4.93. The Balaban J connectivity index is 1.54. The molecule has 0 saturated heterocycles. The van der Waals surface area contributed by atoms with Crippen LogP contribution in [-0.2, 0) is 13.2 Å². The third kappa shape index (κ3) is 6.36. The molecule has 3 aromatic carbocycles. The summed E-state index contributed by atoms with van der Waals surface area (Å²) in [4.78, 5) is 4.31. The lowest BCUT2D eigenvalue weighted by Crippen LogP contribution is -2.39. The Kier molecular flexibility index (Phi) is 8.30. The van der Waals surface area contributed by atoms with Gasteiger partial charge < -0.3 is 20.5 Å². The van der Waals surface area contributed by atoms with Crippen LogP contribution in [0.25, 0.3) is 0 Å². The van der Waals surface area contributed by atoms with Crippen LogP contribution < -0.4 is 15.4 Å².